The van der Waals surface area contributed by atoms with Crippen LogP contribution in [0.5, 0.6) is 0 Å². The highest BCUT2D eigenvalue weighted by Crippen LogP contribution is 2.18. The van der Waals surface area contributed by atoms with Gasteiger partial charge in [-0.3, -0.25) is 15.0 Å². The zero-order valence-corrected chi connectivity index (χ0v) is 9.86. The predicted octanol–water partition coefficient (Wildman–Crippen LogP) is 1.37. The van der Waals surface area contributed by atoms with Crippen LogP contribution >= 0.6 is 0 Å². The van der Waals surface area contributed by atoms with Crippen molar-refractivity contribution in [2.75, 3.05) is 6.61 Å². The molecule has 11 heteroatoms. The van der Waals surface area contributed by atoms with E-state index in [1.54, 1.807) is 0 Å². The molecule has 0 spiro atoms. The fourth-order valence-electron chi connectivity index (χ4n) is 1.00. The van der Waals surface area contributed by atoms with Gasteiger partial charge in [0, 0.05) is 12.1 Å². The summed E-state index contributed by atoms with van der Waals surface area (Å²) >= 11 is 0. The van der Waals surface area contributed by atoms with Gasteiger partial charge in [-0.15, -0.1) is 0 Å². The normalized spacial score (nSPS) is 12.4. The standard InChI is InChI=1S/C8H7F3N2O5S/c9-8(10,11)5-18-12-19(16,17)7-3-1-2-6(4-7)13(14)15/h1-4,12H,5H2. The highest BCUT2D eigenvalue weighted by Gasteiger charge is 2.29. The Morgan fingerprint density at radius 3 is 2.53 bits per heavy atom. The number of nitro benzene ring substituents is 1. The molecule has 106 valence electrons. The molecule has 0 unspecified atom stereocenters. The van der Waals surface area contributed by atoms with E-state index in [0.29, 0.717) is 6.07 Å². The molecule has 0 radical (unpaired) electrons. The van der Waals surface area contributed by atoms with Gasteiger partial charge < -0.3 is 0 Å². The summed E-state index contributed by atoms with van der Waals surface area (Å²) in [5.74, 6) is 0. The van der Waals surface area contributed by atoms with Crippen LogP contribution in [0.3, 0.4) is 0 Å². The van der Waals surface area contributed by atoms with E-state index in [2.05, 4.69) is 4.84 Å². The van der Waals surface area contributed by atoms with Crippen molar-refractivity contribution in [1.29, 1.82) is 0 Å². The summed E-state index contributed by atoms with van der Waals surface area (Å²) < 4.78 is 58.2. The van der Waals surface area contributed by atoms with Crippen LogP contribution in [0.4, 0.5) is 18.9 Å². The Kier molecular flexibility index (Phi) is 4.44. The van der Waals surface area contributed by atoms with Gasteiger partial charge in [-0.25, -0.2) is 8.42 Å². The second-order valence-corrected chi connectivity index (χ2v) is 4.89. The minimum absolute atomic E-state index is 0.515. The number of nitro groups is 1. The van der Waals surface area contributed by atoms with E-state index in [4.69, 9.17) is 0 Å². The third-order valence-electron chi connectivity index (χ3n) is 1.74. The fraction of sp³-hybridized carbons (Fsp3) is 0.250. The van der Waals surface area contributed by atoms with Gasteiger partial charge in [0.15, 0.2) is 6.61 Å². The molecule has 0 aliphatic carbocycles. The van der Waals surface area contributed by atoms with Crippen LogP contribution in [0.1, 0.15) is 0 Å². The number of alkyl halides is 3. The van der Waals surface area contributed by atoms with E-state index in [1.807, 2.05) is 0 Å². The van der Waals surface area contributed by atoms with Crippen LogP contribution in [-0.2, 0) is 14.9 Å². The van der Waals surface area contributed by atoms with E-state index in [9.17, 15) is 31.7 Å². The maximum atomic E-state index is 11.8. The summed E-state index contributed by atoms with van der Waals surface area (Å²) in [6, 6.07) is 3.79. The summed E-state index contributed by atoms with van der Waals surface area (Å²) in [5, 5.41) is 10.4. The highest BCUT2D eigenvalue weighted by atomic mass is 32.2. The SMILES string of the molecule is O=[N+]([O-])c1cccc(S(=O)(=O)NOCC(F)(F)F)c1. The molecule has 1 rings (SSSR count). The molecule has 0 atom stereocenters. The van der Waals surface area contributed by atoms with E-state index in [0.717, 1.165) is 18.2 Å². The first-order chi connectivity index (χ1) is 8.62. The Bertz CT molecular complexity index is 572. The van der Waals surface area contributed by atoms with E-state index < -0.39 is 38.3 Å². The minimum atomic E-state index is -4.70. The van der Waals surface area contributed by atoms with Crippen molar-refractivity contribution in [3.63, 3.8) is 0 Å². The number of nitrogens with zero attached hydrogens (tertiary/aromatic N) is 1. The lowest BCUT2D eigenvalue weighted by Gasteiger charge is -2.08. The van der Waals surface area contributed by atoms with Gasteiger partial charge in [-0.05, 0) is 6.07 Å². The fourth-order valence-corrected chi connectivity index (χ4v) is 1.85. The maximum absolute atomic E-state index is 11.8. The number of rotatable bonds is 5. The van der Waals surface area contributed by atoms with Crippen molar-refractivity contribution >= 4 is 15.7 Å². The molecule has 1 aromatic carbocycles. The Morgan fingerprint density at radius 2 is 2.00 bits per heavy atom. The average Bonchev–Trinajstić information content (AvgIpc) is 2.27. The third kappa shape index (κ3) is 4.81. The Morgan fingerprint density at radius 1 is 1.37 bits per heavy atom. The number of hydrogen-bond donors (Lipinski definition) is 1. The number of non-ortho nitro benzene ring substituents is 1. The predicted molar refractivity (Wildman–Crippen MR) is 55.4 cm³/mol. The smallest absolute Gasteiger partial charge is 0.277 e. The lowest BCUT2D eigenvalue weighted by atomic mass is 10.3. The average molecular weight is 300 g/mol. The van der Waals surface area contributed by atoms with Gasteiger partial charge in [-0.2, -0.15) is 13.2 Å². The Hall–Kier alpha value is -1.72. The van der Waals surface area contributed by atoms with Crippen LogP contribution in [0, 0.1) is 10.1 Å². The van der Waals surface area contributed by atoms with E-state index in [1.165, 1.54) is 4.89 Å². The number of halogens is 3. The molecule has 7 nitrogen and oxygen atoms in total. The van der Waals surface area contributed by atoms with Crippen LogP contribution in [-0.4, -0.2) is 26.1 Å². The molecule has 0 saturated heterocycles. The highest BCUT2D eigenvalue weighted by molar-refractivity contribution is 7.89. The van der Waals surface area contributed by atoms with Crippen molar-refractivity contribution in [1.82, 2.24) is 4.89 Å². The third-order valence-corrected chi connectivity index (χ3v) is 2.96. The largest absolute Gasteiger partial charge is 0.413 e. The molecule has 1 N–H and O–H groups in total. The second-order valence-electron chi connectivity index (χ2n) is 3.25. The molecule has 0 saturated carbocycles. The number of nitrogens with one attached hydrogen (secondary N) is 1. The molecule has 0 fully saturated rings. The lowest BCUT2D eigenvalue weighted by Crippen LogP contribution is -2.29. The number of hydrogen-bond acceptors (Lipinski definition) is 5. The molecule has 0 aliphatic heterocycles. The first-order valence-corrected chi connectivity index (χ1v) is 6.05. The molecule has 0 bridgehead atoms. The molecule has 0 heterocycles. The summed E-state index contributed by atoms with van der Waals surface area (Å²) in [6.45, 7) is -1.82. The van der Waals surface area contributed by atoms with Crippen LogP contribution in [0.25, 0.3) is 0 Å². The summed E-state index contributed by atoms with van der Waals surface area (Å²) in [4.78, 5) is 14.0. The zero-order valence-electron chi connectivity index (χ0n) is 9.05. The monoisotopic (exact) mass is 300 g/mol. The first kappa shape index (κ1) is 15.3. The van der Waals surface area contributed by atoms with Crippen molar-refractivity contribution in [3.8, 4) is 0 Å². The second kappa shape index (κ2) is 5.50. The van der Waals surface area contributed by atoms with Gasteiger partial charge in [0.1, 0.15) is 0 Å². The number of benzene rings is 1. The molecule has 19 heavy (non-hydrogen) atoms. The molecule has 0 aromatic heterocycles. The van der Waals surface area contributed by atoms with E-state index >= 15 is 0 Å². The summed E-state index contributed by atoms with van der Waals surface area (Å²) in [6.07, 6.45) is -4.70. The van der Waals surface area contributed by atoms with Crippen molar-refractivity contribution in [2.45, 2.75) is 11.1 Å². The van der Waals surface area contributed by atoms with Crippen LogP contribution in [0.15, 0.2) is 29.2 Å². The summed E-state index contributed by atoms with van der Waals surface area (Å²) in [7, 11) is -4.42. The summed E-state index contributed by atoms with van der Waals surface area (Å²) in [5.41, 5.74) is -0.515. The molecular weight excluding hydrogens is 293 g/mol. The topological polar surface area (TPSA) is 98.5 Å². The first-order valence-electron chi connectivity index (χ1n) is 4.57. The zero-order chi connectivity index (χ0) is 14.7. The van der Waals surface area contributed by atoms with Gasteiger partial charge in [0.25, 0.3) is 15.7 Å². The minimum Gasteiger partial charge on any atom is -0.277 e. The van der Waals surface area contributed by atoms with Gasteiger partial charge >= 0.3 is 6.18 Å². The maximum Gasteiger partial charge on any atom is 0.413 e. The molecule has 0 aliphatic rings. The quantitative estimate of drug-likeness (QED) is 0.654. The van der Waals surface area contributed by atoms with Crippen molar-refractivity contribution < 1.29 is 31.3 Å². The molecular formula is C8H7F3N2O5S. The van der Waals surface area contributed by atoms with Crippen molar-refractivity contribution in [3.05, 3.63) is 34.4 Å². The van der Waals surface area contributed by atoms with Crippen LogP contribution < -0.4 is 4.89 Å². The van der Waals surface area contributed by atoms with Gasteiger partial charge in [0.05, 0.1) is 9.82 Å². The Labute approximate surface area is 105 Å². The van der Waals surface area contributed by atoms with Crippen molar-refractivity contribution in [2.24, 2.45) is 0 Å². The molecule has 0 amide bonds. The van der Waals surface area contributed by atoms with E-state index in [-0.39, 0.29) is 0 Å². The lowest BCUT2D eigenvalue weighted by molar-refractivity contribution is -0.385. The van der Waals surface area contributed by atoms with Gasteiger partial charge in [-0.1, -0.05) is 11.0 Å². The Balaban J connectivity index is 2.83. The van der Waals surface area contributed by atoms with Crippen LogP contribution in [0.2, 0.25) is 0 Å². The molecule has 1 aromatic rings. The van der Waals surface area contributed by atoms with Gasteiger partial charge in [0.2, 0.25) is 0 Å². The number of sulfonamides is 1.